The largest absolute Gasteiger partial charge is 0.472 e. The van der Waals surface area contributed by atoms with Crippen LogP contribution in [0.3, 0.4) is 0 Å². The van der Waals surface area contributed by atoms with Crippen molar-refractivity contribution in [1.29, 1.82) is 0 Å². The molecule has 119 heavy (non-hydrogen) atoms. The van der Waals surface area contributed by atoms with E-state index in [9.17, 15) is 43.5 Å². The molecule has 0 aliphatic heterocycles. The summed E-state index contributed by atoms with van der Waals surface area (Å²) in [6.45, 7) is 2.36. The second kappa shape index (κ2) is 91.8. The molecule has 0 radical (unpaired) electrons. The molecule has 0 rings (SSSR count). The van der Waals surface area contributed by atoms with Crippen molar-refractivity contribution in [3.05, 3.63) is 182 Å². The Bertz CT molecular complexity index is 2890. The molecule has 0 bridgehead atoms. The van der Waals surface area contributed by atoms with E-state index in [-0.39, 0.29) is 19.3 Å². The van der Waals surface area contributed by atoms with Crippen LogP contribution in [-0.2, 0) is 55.8 Å². The predicted molar refractivity (Wildman–Crippen MR) is 500 cm³/mol. The maximum atomic E-state index is 13.1. The van der Waals surface area contributed by atoms with Gasteiger partial charge in [-0.3, -0.25) is 32.5 Å². The lowest BCUT2D eigenvalue weighted by Crippen LogP contribution is -2.30. The number of hydrogen-bond acceptors (Lipinski definition) is 14. The number of phosphoric ester groups is 2. The van der Waals surface area contributed by atoms with Gasteiger partial charge in [-0.15, -0.1) is 0 Å². The zero-order valence-electron chi connectivity index (χ0n) is 75.0. The van der Waals surface area contributed by atoms with Gasteiger partial charge in [0.25, 0.3) is 0 Å². The molecule has 0 fully saturated rings. The van der Waals surface area contributed by atoms with E-state index < -0.39 is 91.5 Å². The van der Waals surface area contributed by atoms with Crippen LogP contribution in [0.4, 0.5) is 0 Å². The summed E-state index contributed by atoms with van der Waals surface area (Å²) < 4.78 is 61.5. The Hall–Kier alpha value is -5.35. The van der Waals surface area contributed by atoms with Gasteiger partial charge in [0.1, 0.15) is 25.4 Å². The van der Waals surface area contributed by atoms with Crippen LogP contribution in [0.2, 0.25) is 0 Å². The summed E-state index contributed by atoms with van der Waals surface area (Å²) in [5.41, 5.74) is 0. The van der Waals surface area contributed by atoms with Crippen molar-refractivity contribution in [3.8, 4) is 0 Å². The van der Waals surface area contributed by atoms with Crippen molar-refractivity contribution < 1.29 is 75.8 Å². The molecule has 0 amide bonds. The number of aliphatic hydroxyl groups excluding tert-OH is 2. The third kappa shape index (κ3) is 93.2. The van der Waals surface area contributed by atoms with Crippen LogP contribution in [-0.4, -0.2) is 95.9 Å². The molecular formula is C101H170O16P2. The second-order valence-corrected chi connectivity index (χ2v) is 33.9. The minimum atomic E-state index is -4.95. The molecule has 4 N–H and O–H groups in total. The van der Waals surface area contributed by atoms with Gasteiger partial charge in [-0.1, -0.05) is 389 Å². The van der Waals surface area contributed by atoms with E-state index in [1.54, 1.807) is 0 Å². The van der Waals surface area contributed by atoms with Crippen LogP contribution in [0.5, 0.6) is 0 Å². The highest BCUT2D eigenvalue weighted by atomic mass is 31.2. The molecule has 16 nitrogen and oxygen atoms in total. The fourth-order valence-electron chi connectivity index (χ4n) is 12.6. The fourth-order valence-corrected chi connectivity index (χ4v) is 14.2. The monoisotopic (exact) mass is 1700 g/mol. The average Bonchev–Trinajstić information content (AvgIpc) is 0.912. The minimum absolute atomic E-state index is 0.0848. The predicted octanol–water partition coefficient (Wildman–Crippen LogP) is 29.2. The van der Waals surface area contributed by atoms with Crippen molar-refractivity contribution in [3.63, 3.8) is 0 Å². The molecule has 680 valence electrons. The number of aliphatic hydroxyl groups is 2. The number of phosphoric acid groups is 2. The molecule has 0 aromatic heterocycles. The second-order valence-electron chi connectivity index (χ2n) is 31.0. The topological polar surface area (TPSA) is 231 Å². The summed E-state index contributed by atoms with van der Waals surface area (Å²) >= 11 is 0. The van der Waals surface area contributed by atoms with Crippen LogP contribution >= 0.6 is 15.6 Å². The van der Waals surface area contributed by atoms with Gasteiger partial charge in [-0.25, -0.2) is 9.13 Å². The third-order valence-electron chi connectivity index (χ3n) is 19.6. The van der Waals surface area contributed by atoms with Crippen molar-refractivity contribution in [2.75, 3.05) is 39.6 Å². The van der Waals surface area contributed by atoms with Gasteiger partial charge in [-0.2, -0.15) is 0 Å². The summed E-state index contributed by atoms with van der Waals surface area (Å²) in [7, 11) is -9.82. The maximum Gasteiger partial charge on any atom is 0.472 e. The van der Waals surface area contributed by atoms with Crippen LogP contribution in [0.25, 0.3) is 0 Å². The smallest absolute Gasteiger partial charge is 0.463 e. The van der Waals surface area contributed by atoms with Crippen LogP contribution in [0.1, 0.15) is 380 Å². The van der Waals surface area contributed by atoms with E-state index >= 15 is 0 Å². The van der Waals surface area contributed by atoms with E-state index in [1.165, 1.54) is 128 Å². The lowest BCUT2D eigenvalue weighted by atomic mass is 10.0. The minimum Gasteiger partial charge on any atom is -0.463 e. The van der Waals surface area contributed by atoms with Gasteiger partial charge < -0.3 is 34.2 Å². The molecule has 18 heteroatoms. The lowest BCUT2D eigenvalue weighted by molar-refractivity contribution is -0.161. The first-order valence-electron chi connectivity index (χ1n) is 47.1. The number of ether oxygens (including phenoxy) is 3. The Morgan fingerprint density at radius 2 is 0.420 bits per heavy atom. The lowest BCUT2D eigenvalue weighted by Gasteiger charge is -2.21. The summed E-state index contributed by atoms with van der Waals surface area (Å²) in [6.07, 6.45) is 121. The number of allylic oxidation sites excluding steroid dienone is 30. The van der Waals surface area contributed by atoms with E-state index in [4.69, 9.17) is 32.3 Å². The Kier molecular flexibility index (Phi) is 87.7. The highest BCUT2D eigenvalue weighted by molar-refractivity contribution is 7.47. The van der Waals surface area contributed by atoms with Crippen molar-refractivity contribution in [2.45, 2.75) is 399 Å². The standard InChI is InChI=1S/C101H170O16P2/c1-4-7-10-13-16-19-22-25-28-31-34-37-40-42-43-44-45-46-47-48-49-50-51-53-56-57-60-63-66-69-72-75-78-81-84-87-99(104)111-90-96(102)91-113-118(107,108)114-92-97(103)93-115-119(109,110)116-95-98(117-101(106)89-86-83-80-77-74-71-68-65-62-59-54-39-36-33-30-27-24-21-18-15-12-9-6-3)94-112-100(105)88-85-82-79-76-73-70-67-64-61-58-55-52-41-38-35-32-29-26-23-20-17-14-11-8-5-2/h7-12,16-21,25-30,34-39,42-43,52,55,59,62,96-98,102-103H,4-6,13-15,22-24,31-33,40-41,44-51,53-54,56-58,60-61,63-95H2,1-3H3,(H,107,108)(H,109,110)/b10-7-,11-8-,12-9-,19-16-,20-17-,21-18-,28-25-,29-26-,30-27-,37-34-,38-35-,39-36-,43-42-,55-52-,62-59-. The van der Waals surface area contributed by atoms with Gasteiger partial charge >= 0.3 is 33.6 Å². The molecule has 0 aromatic rings. The Morgan fingerprint density at radius 1 is 0.235 bits per heavy atom. The average molecular weight is 1700 g/mol. The van der Waals surface area contributed by atoms with Crippen molar-refractivity contribution in [1.82, 2.24) is 0 Å². The van der Waals surface area contributed by atoms with Crippen LogP contribution in [0, 0.1) is 0 Å². The molecular weight excluding hydrogens is 1530 g/mol. The number of esters is 3. The van der Waals surface area contributed by atoms with Gasteiger partial charge in [0.15, 0.2) is 6.10 Å². The molecule has 0 aliphatic rings. The Balaban J connectivity index is 4.56. The molecule has 5 atom stereocenters. The normalized spacial score (nSPS) is 14.6. The molecule has 0 spiro atoms. The first-order chi connectivity index (χ1) is 58.2. The quantitative estimate of drug-likeness (QED) is 0.0146. The SMILES string of the molecule is CC/C=C\C/C=C\C/C=C\C/C=C\C/C=C\CCCCCCCCCCCCCCCCCCCCCC(=O)OCC(O)COP(=O)(O)OCC(O)COP(=O)(O)OCC(COC(=O)CCCCCCCCCCC/C=C\C/C=C\C/C=C\C/C=C\C/C=C\CC)OC(=O)CCCCCCCCC/C=C\C/C=C\C/C=C\C/C=C\C/C=C\CC. The number of carbonyl (C=O) groups is 3. The molecule has 0 saturated carbocycles. The van der Waals surface area contributed by atoms with Gasteiger partial charge in [0, 0.05) is 19.3 Å². The van der Waals surface area contributed by atoms with E-state index in [1.807, 2.05) is 0 Å². The number of unbranched alkanes of at least 4 members (excludes halogenated alkanes) is 35. The summed E-state index contributed by atoms with van der Waals surface area (Å²) in [6, 6.07) is 0. The van der Waals surface area contributed by atoms with Gasteiger partial charge in [-0.05, 0) is 154 Å². The summed E-state index contributed by atoms with van der Waals surface area (Å²) in [5.74, 6) is -1.59. The zero-order valence-corrected chi connectivity index (χ0v) is 76.8. The highest BCUT2D eigenvalue weighted by Gasteiger charge is 2.29. The number of carbonyl (C=O) groups excluding carboxylic acids is 3. The first kappa shape index (κ1) is 114. The summed E-state index contributed by atoms with van der Waals surface area (Å²) in [5, 5.41) is 20.8. The Labute approximate surface area is 725 Å². The van der Waals surface area contributed by atoms with Crippen molar-refractivity contribution >= 4 is 33.6 Å². The van der Waals surface area contributed by atoms with E-state index in [2.05, 4.69) is 203 Å². The molecule has 5 unspecified atom stereocenters. The molecule has 0 aromatic carbocycles. The third-order valence-corrected chi connectivity index (χ3v) is 21.5. The highest BCUT2D eigenvalue weighted by Crippen LogP contribution is 2.45. The first-order valence-corrected chi connectivity index (χ1v) is 50.1. The zero-order chi connectivity index (χ0) is 86.5. The molecule has 0 aliphatic carbocycles. The number of hydrogen-bond donors (Lipinski definition) is 4. The van der Waals surface area contributed by atoms with E-state index in [0.717, 1.165) is 193 Å². The van der Waals surface area contributed by atoms with Gasteiger partial charge in [0.05, 0.1) is 26.4 Å². The fraction of sp³-hybridized carbons (Fsp3) is 0.673. The van der Waals surface area contributed by atoms with Crippen LogP contribution < -0.4 is 0 Å². The maximum absolute atomic E-state index is 13.1. The summed E-state index contributed by atoms with van der Waals surface area (Å²) in [4.78, 5) is 59.0. The Morgan fingerprint density at radius 3 is 0.664 bits per heavy atom. The van der Waals surface area contributed by atoms with Crippen molar-refractivity contribution in [2.24, 2.45) is 0 Å². The molecule has 0 heterocycles. The van der Waals surface area contributed by atoms with Crippen LogP contribution in [0.15, 0.2) is 182 Å². The van der Waals surface area contributed by atoms with Gasteiger partial charge in [0.2, 0.25) is 0 Å². The molecule has 0 saturated heterocycles. The number of rotatable bonds is 88. The van der Waals surface area contributed by atoms with E-state index in [0.29, 0.717) is 19.3 Å².